The van der Waals surface area contributed by atoms with Gasteiger partial charge in [0.2, 0.25) is 5.56 Å². The zero-order valence-electron chi connectivity index (χ0n) is 32.8. The summed E-state index contributed by atoms with van der Waals surface area (Å²) in [6.07, 6.45) is 0.451. The van der Waals surface area contributed by atoms with Gasteiger partial charge in [-0.05, 0) is 106 Å². The lowest BCUT2D eigenvalue weighted by atomic mass is 9.95. The Hall–Kier alpha value is -5.19. The molecule has 0 bridgehead atoms. The number of hydrogen-bond donors (Lipinski definition) is 5. The molecular weight excluding hydrogens is 701 g/mol. The van der Waals surface area contributed by atoms with Crippen molar-refractivity contribution in [1.82, 2.24) is 15.6 Å². The van der Waals surface area contributed by atoms with Crippen LogP contribution >= 0.6 is 0 Å². The van der Waals surface area contributed by atoms with Gasteiger partial charge in [0, 0.05) is 42.3 Å². The summed E-state index contributed by atoms with van der Waals surface area (Å²) in [7, 11) is -0.482. The molecule has 1 atom stereocenters. The molecule has 0 fully saturated rings. The molecular formula is C46H54N4O4Si. The van der Waals surface area contributed by atoms with Crippen LogP contribution in [0.3, 0.4) is 0 Å². The van der Waals surface area contributed by atoms with E-state index in [9.17, 15) is 9.90 Å². The minimum atomic E-state index is -2.19. The van der Waals surface area contributed by atoms with Gasteiger partial charge in [0.05, 0.1) is 18.7 Å². The van der Waals surface area contributed by atoms with E-state index in [1.54, 1.807) is 19.2 Å². The maximum absolute atomic E-state index is 12.1. The number of benzene rings is 5. The first-order chi connectivity index (χ1) is 26.3. The standard InChI is InChI=1S/C46H54N4O4Si/c1-46(2,3)55(5,6)54-43(37-18-20-41(51)45-38(37)19-22-44(52)50-45)30-48-24-23-33-15-16-35(27-40(33)47)34-17-21-42(53-4)39(26-34)36-14-10-13-32(25-36)29-49-28-31-11-8-7-9-12-31/h7-22,25-27,43,48-49,51H,23-24,28-30,47H2,1-6H3,(H,50,52)/t43-/m0/s1. The summed E-state index contributed by atoms with van der Waals surface area (Å²) >= 11 is 0. The van der Waals surface area contributed by atoms with Gasteiger partial charge in [-0.1, -0.05) is 93.6 Å². The van der Waals surface area contributed by atoms with E-state index in [1.807, 2.05) is 18.2 Å². The number of anilines is 1. The number of rotatable bonds is 15. The summed E-state index contributed by atoms with van der Waals surface area (Å²) < 4.78 is 12.8. The van der Waals surface area contributed by atoms with Crippen molar-refractivity contribution in [3.8, 4) is 33.8 Å². The fourth-order valence-electron chi connectivity index (χ4n) is 6.65. The van der Waals surface area contributed by atoms with E-state index in [4.69, 9.17) is 14.9 Å². The van der Waals surface area contributed by atoms with Gasteiger partial charge in [0.1, 0.15) is 11.5 Å². The number of pyridine rings is 1. The molecule has 9 heteroatoms. The van der Waals surface area contributed by atoms with Crippen LogP contribution in [-0.2, 0) is 23.9 Å². The molecule has 8 nitrogen and oxygen atoms in total. The van der Waals surface area contributed by atoms with Crippen molar-refractivity contribution in [2.75, 3.05) is 25.9 Å². The molecule has 1 aromatic heterocycles. The number of phenols is 1. The molecule has 0 radical (unpaired) electrons. The molecule has 286 valence electrons. The largest absolute Gasteiger partial charge is 0.506 e. The van der Waals surface area contributed by atoms with Crippen molar-refractivity contribution in [1.29, 1.82) is 0 Å². The van der Waals surface area contributed by atoms with Crippen LogP contribution in [0.2, 0.25) is 18.1 Å². The van der Waals surface area contributed by atoms with Crippen LogP contribution in [0.15, 0.2) is 120 Å². The second kappa shape index (κ2) is 17.1. The van der Waals surface area contributed by atoms with Gasteiger partial charge in [-0.2, -0.15) is 0 Å². The zero-order chi connectivity index (χ0) is 39.2. The van der Waals surface area contributed by atoms with Crippen molar-refractivity contribution < 1.29 is 14.3 Å². The van der Waals surface area contributed by atoms with Crippen molar-refractivity contribution >= 4 is 24.9 Å². The Kier molecular flexibility index (Phi) is 12.3. The Morgan fingerprint density at radius 3 is 2.27 bits per heavy atom. The zero-order valence-corrected chi connectivity index (χ0v) is 33.8. The average Bonchev–Trinajstić information content (AvgIpc) is 3.16. The molecule has 0 saturated carbocycles. The molecule has 6 aromatic rings. The third-order valence-corrected chi connectivity index (χ3v) is 15.3. The van der Waals surface area contributed by atoms with Crippen molar-refractivity contribution in [2.45, 2.75) is 64.5 Å². The lowest BCUT2D eigenvalue weighted by molar-refractivity contribution is 0.182. The first-order valence-corrected chi connectivity index (χ1v) is 21.9. The predicted octanol–water partition coefficient (Wildman–Crippen LogP) is 9.34. The lowest BCUT2D eigenvalue weighted by Gasteiger charge is -2.39. The van der Waals surface area contributed by atoms with Crippen molar-refractivity contribution in [3.05, 3.63) is 148 Å². The number of nitrogen functional groups attached to an aromatic ring is 1. The van der Waals surface area contributed by atoms with E-state index in [1.165, 1.54) is 17.2 Å². The minimum absolute atomic E-state index is 0.00269. The summed E-state index contributed by atoms with van der Waals surface area (Å²) in [5.74, 6) is 0.857. The molecule has 0 aliphatic rings. The topological polar surface area (TPSA) is 122 Å². The summed E-state index contributed by atoms with van der Waals surface area (Å²) in [6.45, 7) is 14.0. The Bertz CT molecular complexity index is 2300. The second-order valence-corrected chi connectivity index (χ2v) is 20.5. The molecule has 0 spiro atoms. The first kappa shape index (κ1) is 39.5. The van der Waals surface area contributed by atoms with Gasteiger partial charge < -0.3 is 35.6 Å². The Labute approximate surface area is 325 Å². The molecule has 55 heavy (non-hydrogen) atoms. The maximum atomic E-state index is 12.1. The molecule has 0 aliphatic heterocycles. The highest BCUT2D eigenvalue weighted by Gasteiger charge is 2.39. The normalized spacial score (nSPS) is 12.5. The van der Waals surface area contributed by atoms with Crippen LogP contribution < -0.4 is 26.7 Å². The van der Waals surface area contributed by atoms with Crippen LogP contribution in [-0.4, -0.2) is 38.6 Å². The van der Waals surface area contributed by atoms with E-state index in [2.05, 4.69) is 128 Å². The third kappa shape index (κ3) is 9.55. The molecule has 0 unspecified atom stereocenters. The SMILES string of the molecule is COc1ccc(-c2ccc(CCNC[C@H](O[Si](C)(C)C(C)(C)C)c3ccc(O)c4[nH]c(=O)ccc34)c(N)c2)cc1-c1cccc(CNCc2ccccc2)c1. The number of hydrogen-bond acceptors (Lipinski definition) is 7. The van der Waals surface area contributed by atoms with E-state index in [0.29, 0.717) is 18.6 Å². The Balaban J connectivity index is 1.15. The summed E-state index contributed by atoms with van der Waals surface area (Å²) in [5.41, 5.74) is 16.3. The minimum Gasteiger partial charge on any atom is -0.506 e. The van der Waals surface area contributed by atoms with Gasteiger partial charge >= 0.3 is 0 Å². The predicted molar refractivity (Wildman–Crippen MR) is 229 cm³/mol. The van der Waals surface area contributed by atoms with E-state index < -0.39 is 8.32 Å². The average molecular weight is 755 g/mol. The first-order valence-electron chi connectivity index (χ1n) is 19.0. The molecule has 0 amide bonds. The number of aromatic hydroxyl groups is 1. The van der Waals surface area contributed by atoms with E-state index in [0.717, 1.165) is 69.7 Å². The van der Waals surface area contributed by atoms with Crippen LogP contribution in [0.4, 0.5) is 5.69 Å². The number of phenolic OH excluding ortho intramolecular Hbond substituents is 1. The Morgan fingerprint density at radius 2 is 1.53 bits per heavy atom. The smallest absolute Gasteiger partial charge is 0.248 e. The van der Waals surface area contributed by atoms with Gasteiger partial charge in [-0.25, -0.2) is 0 Å². The molecule has 5 aromatic carbocycles. The number of fused-ring (bicyclic) bond motifs is 1. The van der Waals surface area contributed by atoms with Gasteiger partial charge in [-0.3, -0.25) is 4.79 Å². The highest BCUT2D eigenvalue weighted by atomic mass is 28.4. The third-order valence-electron chi connectivity index (χ3n) is 10.8. The van der Waals surface area contributed by atoms with Crippen LogP contribution in [0.5, 0.6) is 11.5 Å². The molecule has 1 heterocycles. The number of nitrogens with one attached hydrogen (secondary N) is 3. The summed E-state index contributed by atoms with van der Waals surface area (Å²) in [4.78, 5) is 14.9. The monoisotopic (exact) mass is 754 g/mol. The highest BCUT2D eigenvalue weighted by Crippen LogP contribution is 2.41. The molecule has 6 rings (SSSR count). The number of H-pyrrole nitrogens is 1. The van der Waals surface area contributed by atoms with Crippen LogP contribution in [0, 0.1) is 0 Å². The van der Waals surface area contributed by atoms with Crippen molar-refractivity contribution in [3.63, 3.8) is 0 Å². The number of aromatic amines is 1. The number of ether oxygens (including phenoxy) is 1. The van der Waals surface area contributed by atoms with Crippen LogP contribution in [0.1, 0.15) is 49.1 Å². The quantitative estimate of drug-likeness (QED) is 0.0403. The van der Waals surface area contributed by atoms with Crippen molar-refractivity contribution in [2.24, 2.45) is 0 Å². The molecule has 0 saturated heterocycles. The van der Waals surface area contributed by atoms with Gasteiger partial charge in [-0.15, -0.1) is 0 Å². The van der Waals surface area contributed by atoms with E-state index >= 15 is 0 Å². The number of methoxy groups -OCH3 is 1. The Morgan fingerprint density at radius 1 is 0.800 bits per heavy atom. The lowest BCUT2D eigenvalue weighted by Crippen LogP contribution is -2.43. The van der Waals surface area contributed by atoms with Gasteiger partial charge in [0.15, 0.2) is 8.32 Å². The molecule has 6 N–H and O–H groups in total. The fourth-order valence-corrected chi connectivity index (χ4v) is 7.93. The summed E-state index contributed by atoms with van der Waals surface area (Å²) in [5, 5.41) is 18.5. The maximum Gasteiger partial charge on any atom is 0.248 e. The van der Waals surface area contributed by atoms with Gasteiger partial charge in [0.25, 0.3) is 0 Å². The number of nitrogens with two attached hydrogens (primary N) is 1. The van der Waals surface area contributed by atoms with Crippen LogP contribution in [0.25, 0.3) is 33.2 Å². The fraction of sp³-hybridized carbons (Fsp3) is 0.283. The highest BCUT2D eigenvalue weighted by molar-refractivity contribution is 6.74. The van der Waals surface area contributed by atoms with E-state index in [-0.39, 0.29) is 22.5 Å². The summed E-state index contributed by atoms with van der Waals surface area (Å²) in [6, 6.07) is 38.4. The second-order valence-electron chi connectivity index (χ2n) is 15.7. The number of aromatic nitrogens is 1. The molecule has 0 aliphatic carbocycles.